The Hall–Kier alpha value is -2.20. The van der Waals surface area contributed by atoms with E-state index in [0.717, 1.165) is 27.2 Å². The number of nitrogens with one attached hydrogen (secondary N) is 1. The minimum Gasteiger partial charge on any atom is -0.426 e. The fourth-order valence-corrected chi connectivity index (χ4v) is 2.24. The molecular weight excluding hydrogens is 274 g/mol. The van der Waals surface area contributed by atoms with Gasteiger partial charge < -0.3 is 15.5 Å². The van der Waals surface area contributed by atoms with Gasteiger partial charge in [-0.2, -0.15) is 4.98 Å². The summed E-state index contributed by atoms with van der Waals surface area (Å²) in [5.74, 6) is 0.705. The molecule has 0 saturated carbocycles. The molecule has 3 aromatic rings. The molecule has 0 aliphatic rings. The Morgan fingerprint density at radius 3 is 2.55 bits per heavy atom. The SMILES string of the molecule is Cc1cc(Oc2nc3ccc(N)cc3[nH]2)cc(C)c1Cl. The maximum absolute atomic E-state index is 6.14. The van der Waals surface area contributed by atoms with E-state index in [1.54, 1.807) is 0 Å². The van der Waals surface area contributed by atoms with Crippen LogP contribution in [-0.2, 0) is 0 Å². The lowest BCUT2D eigenvalue weighted by molar-refractivity contribution is 0.448. The van der Waals surface area contributed by atoms with Gasteiger partial charge in [0.2, 0.25) is 0 Å². The van der Waals surface area contributed by atoms with Crippen LogP contribution < -0.4 is 10.5 Å². The van der Waals surface area contributed by atoms with Crippen LogP contribution >= 0.6 is 11.6 Å². The van der Waals surface area contributed by atoms with Crippen molar-refractivity contribution in [2.24, 2.45) is 0 Å². The van der Waals surface area contributed by atoms with Crippen LogP contribution in [0.4, 0.5) is 5.69 Å². The second kappa shape index (κ2) is 4.72. The first kappa shape index (κ1) is 12.8. The molecule has 3 rings (SSSR count). The van der Waals surface area contributed by atoms with Crippen molar-refractivity contribution in [3.8, 4) is 11.8 Å². The lowest BCUT2D eigenvalue weighted by Gasteiger charge is -2.07. The number of benzene rings is 2. The average Bonchev–Trinajstić information content (AvgIpc) is 2.77. The van der Waals surface area contributed by atoms with Gasteiger partial charge in [0.15, 0.2) is 0 Å². The first-order valence-electron chi connectivity index (χ1n) is 6.23. The third-order valence-electron chi connectivity index (χ3n) is 3.11. The second-order valence-corrected chi connectivity index (χ2v) is 5.17. The van der Waals surface area contributed by atoms with Crippen LogP contribution in [0, 0.1) is 13.8 Å². The molecule has 5 heteroatoms. The summed E-state index contributed by atoms with van der Waals surface area (Å²) in [4.78, 5) is 7.46. The zero-order chi connectivity index (χ0) is 14.3. The zero-order valence-corrected chi connectivity index (χ0v) is 12.0. The van der Waals surface area contributed by atoms with E-state index in [1.807, 2.05) is 44.2 Å². The smallest absolute Gasteiger partial charge is 0.300 e. The molecule has 0 bridgehead atoms. The number of aromatic nitrogens is 2. The third-order valence-corrected chi connectivity index (χ3v) is 3.70. The van der Waals surface area contributed by atoms with Gasteiger partial charge in [0.25, 0.3) is 6.01 Å². The number of hydrogen-bond donors (Lipinski definition) is 2. The van der Waals surface area contributed by atoms with Crippen LogP contribution in [0.1, 0.15) is 11.1 Å². The zero-order valence-electron chi connectivity index (χ0n) is 11.2. The van der Waals surface area contributed by atoms with Crippen LogP contribution in [0.2, 0.25) is 5.02 Å². The molecule has 0 spiro atoms. The molecule has 3 N–H and O–H groups in total. The highest BCUT2D eigenvalue weighted by Crippen LogP contribution is 2.29. The summed E-state index contributed by atoms with van der Waals surface area (Å²) in [5, 5.41) is 0.759. The molecular formula is C15H14ClN3O. The summed E-state index contributed by atoms with van der Waals surface area (Å²) >= 11 is 6.14. The van der Waals surface area contributed by atoms with Crippen molar-refractivity contribution in [3.05, 3.63) is 46.5 Å². The minimum absolute atomic E-state index is 0.437. The molecule has 2 aromatic carbocycles. The van der Waals surface area contributed by atoms with E-state index >= 15 is 0 Å². The third kappa shape index (κ3) is 2.30. The number of ether oxygens (including phenoxy) is 1. The predicted octanol–water partition coefficient (Wildman–Crippen LogP) is 4.21. The Morgan fingerprint density at radius 2 is 1.85 bits per heavy atom. The number of nitrogens with two attached hydrogens (primary N) is 1. The highest BCUT2D eigenvalue weighted by Gasteiger charge is 2.08. The van der Waals surface area contributed by atoms with E-state index < -0.39 is 0 Å². The largest absolute Gasteiger partial charge is 0.426 e. The van der Waals surface area contributed by atoms with E-state index in [1.165, 1.54) is 0 Å². The van der Waals surface area contributed by atoms with Gasteiger partial charge >= 0.3 is 0 Å². The van der Waals surface area contributed by atoms with Gasteiger partial charge in [-0.1, -0.05) is 11.6 Å². The Labute approximate surface area is 121 Å². The molecule has 0 fully saturated rings. The summed E-state index contributed by atoms with van der Waals surface area (Å²) in [6, 6.07) is 9.70. The highest BCUT2D eigenvalue weighted by molar-refractivity contribution is 6.32. The summed E-state index contributed by atoms with van der Waals surface area (Å²) in [6.07, 6.45) is 0. The monoisotopic (exact) mass is 287 g/mol. The van der Waals surface area contributed by atoms with E-state index in [2.05, 4.69) is 9.97 Å². The van der Waals surface area contributed by atoms with Crippen molar-refractivity contribution >= 4 is 28.3 Å². The van der Waals surface area contributed by atoms with E-state index in [-0.39, 0.29) is 0 Å². The first-order chi connectivity index (χ1) is 9.52. The number of halogens is 1. The number of imidazole rings is 1. The van der Waals surface area contributed by atoms with Gasteiger partial charge in [0.05, 0.1) is 11.0 Å². The second-order valence-electron chi connectivity index (χ2n) is 4.79. The normalized spacial score (nSPS) is 10.9. The molecule has 0 aliphatic heterocycles. The summed E-state index contributed by atoms with van der Waals surface area (Å²) in [5.41, 5.74) is 10.0. The first-order valence-corrected chi connectivity index (χ1v) is 6.60. The molecule has 4 nitrogen and oxygen atoms in total. The Morgan fingerprint density at radius 1 is 1.15 bits per heavy atom. The number of fused-ring (bicyclic) bond motifs is 1. The van der Waals surface area contributed by atoms with Crippen molar-refractivity contribution in [1.82, 2.24) is 9.97 Å². The van der Waals surface area contributed by atoms with Gasteiger partial charge in [0.1, 0.15) is 5.75 Å². The lowest BCUT2D eigenvalue weighted by atomic mass is 10.1. The van der Waals surface area contributed by atoms with E-state index in [0.29, 0.717) is 17.4 Å². The van der Waals surface area contributed by atoms with Crippen molar-refractivity contribution in [2.75, 3.05) is 5.73 Å². The molecule has 0 saturated heterocycles. The molecule has 0 radical (unpaired) electrons. The van der Waals surface area contributed by atoms with Gasteiger partial charge in [-0.15, -0.1) is 0 Å². The molecule has 20 heavy (non-hydrogen) atoms. The van der Waals surface area contributed by atoms with Crippen molar-refractivity contribution in [1.29, 1.82) is 0 Å². The molecule has 0 amide bonds. The maximum Gasteiger partial charge on any atom is 0.300 e. The molecule has 0 aliphatic carbocycles. The Bertz CT molecular complexity index is 772. The van der Waals surface area contributed by atoms with Crippen molar-refractivity contribution < 1.29 is 4.74 Å². The quantitative estimate of drug-likeness (QED) is 0.694. The minimum atomic E-state index is 0.437. The topological polar surface area (TPSA) is 63.9 Å². The van der Waals surface area contributed by atoms with Crippen LogP contribution in [0.3, 0.4) is 0 Å². The Balaban J connectivity index is 1.96. The number of nitrogens with zero attached hydrogens (tertiary/aromatic N) is 1. The predicted molar refractivity (Wildman–Crippen MR) is 81.5 cm³/mol. The molecule has 0 unspecified atom stereocenters. The molecule has 1 heterocycles. The van der Waals surface area contributed by atoms with Crippen LogP contribution in [0.5, 0.6) is 11.8 Å². The molecule has 1 aromatic heterocycles. The average molecular weight is 288 g/mol. The number of hydrogen-bond acceptors (Lipinski definition) is 3. The number of anilines is 1. The maximum atomic E-state index is 6.14. The number of aryl methyl sites for hydroxylation is 2. The number of H-pyrrole nitrogens is 1. The fourth-order valence-electron chi connectivity index (χ4n) is 2.13. The summed E-state index contributed by atoms with van der Waals surface area (Å²) in [7, 11) is 0. The highest BCUT2D eigenvalue weighted by atomic mass is 35.5. The van der Waals surface area contributed by atoms with Crippen LogP contribution in [0.25, 0.3) is 11.0 Å². The summed E-state index contributed by atoms with van der Waals surface area (Å²) < 4.78 is 5.75. The van der Waals surface area contributed by atoms with Crippen LogP contribution in [-0.4, -0.2) is 9.97 Å². The Kier molecular flexibility index (Phi) is 3.03. The van der Waals surface area contributed by atoms with E-state index in [9.17, 15) is 0 Å². The van der Waals surface area contributed by atoms with Crippen molar-refractivity contribution in [2.45, 2.75) is 13.8 Å². The van der Waals surface area contributed by atoms with E-state index in [4.69, 9.17) is 22.1 Å². The fraction of sp³-hybridized carbons (Fsp3) is 0.133. The van der Waals surface area contributed by atoms with Gasteiger partial charge in [-0.05, 0) is 55.3 Å². The number of rotatable bonds is 2. The van der Waals surface area contributed by atoms with Crippen molar-refractivity contribution in [3.63, 3.8) is 0 Å². The van der Waals surface area contributed by atoms with Crippen LogP contribution in [0.15, 0.2) is 30.3 Å². The standard InChI is InChI=1S/C15H14ClN3O/c1-8-5-11(6-9(2)14(8)16)20-15-18-12-4-3-10(17)7-13(12)19-15/h3-7H,17H2,1-2H3,(H,18,19). The van der Waals surface area contributed by atoms with Gasteiger partial charge in [0, 0.05) is 10.7 Å². The number of aromatic amines is 1. The summed E-state index contributed by atoms with van der Waals surface area (Å²) in [6.45, 7) is 3.89. The van der Waals surface area contributed by atoms with Gasteiger partial charge in [-0.3, -0.25) is 0 Å². The lowest BCUT2D eigenvalue weighted by Crippen LogP contribution is -1.89. The molecule has 0 atom stereocenters. The molecule has 102 valence electrons. The number of nitrogen functional groups attached to an aromatic ring is 1. The van der Waals surface area contributed by atoms with Gasteiger partial charge in [-0.25, -0.2) is 0 Å².